The van der Waals surface area contributed by atoms with Gasteiger partial charge in [-0.05, 0) is 36.9 Å². The van der Waals surface area contributed by atoms with Crippen LogP contribution in [0.4, 0.5) is 0 Å². The molecule has 2 rings (SSSR count). The standard InChI is InChI=1S/C13H15NO2S/c1-10-4-5-11(16-10)9-14-13(15)7-6-12-3-2-8-17-12/h2-5,8H,6-7,9H2,1H3,(H,14,15). The van der Waals surface area contributed by atoms with Crippen molar-refractivity contribution in [1.82, 2.24) is 5.32 Å². The van der Waals surface area contributed by atoms with E-state index in [1.54, 1.807) is 11.3 Å². The third-order valence-corrected chi connectivity index (χ3v) is 3.37. The van der Waals surface area contributed by atoms with Gasteiger partial charge in [-0.2, -0.15) is 0 Å². The lowest BCUT2D eigenvalue weighted by Gasteiger charge is -2.02. The maximum atomic E-state index is 11.6. The van der Waals surface area contributed by atoms with Gasteiger partial charge in [-0.1, -0.05) is 6.07 Å². The van der Waals surface area contributed by atoms with Crippen LogP contribution in [0.25, 0.3) is 0 Å². The van der Waals surface area contributed by atoms with Crippen LogP contribution in [0.1, 0.15) is 22.8 Å². The van der Waals surface area contributed by atoms with E-state index in [2.05, 4.69) is 5.32 Å². The molecule has 0 unspecified atom stereocenters. The van der Waals surface area contributed by atoms with Crippen LogP contribution in [0, 0.1) is 6.92 Å². The summed E-state index contributed by atoms with van der Waals surface area (Å²) in [6.45, 7) is 2.36. The third kappa shape index (κ3) is 3.75. The van der Waals surface area contributed by atoms with Crippen LogP contribution < -0.4 is 5.32 Å². The van der Waals surface area contributed by atoms with Crippen molar-refractivity contribution >= 4 is 17.2 Å². The van der Waals surface area contributed by atoms with Crippen molar-refractivity contribution in [2.45, 2.75) is 26.3 Å². The number of nitrogens with one attached hydrogen (secondary N) is 1. The zero-order valence-electron chi connectivity index (χ0n) is 9.73. The number of carbonyl (C=O) groups is 1. The second-order valence-electron chi connectivity index (χ2n) is 3.87. The summed E-state index contributed by atoms with van der Waals surface area (Å²) in [6, 6.07) is 7.83. The topological polar surface area (TPSA) is 42.2 Å². The quantitative estimate of drug-likeness (QED) is 0.885. The van der Waals surface area contributed by atoms with Gasteiger partial charge >= 0.3 is 0 Å². The Balaban J connectivity index is 1.71. The molecule has 0 saturated carbocycles. The van der Waals surface area contributed by atoms with E-state index < -0.39 is 0 Å². The monoisotopic (exact) mass is 249 g/mol. The van der Waals surface area contributed by atoms with E-state index in [0.717, 1.165) is 17.9 Å². The molecule has 17 heavy (non-hydrogen) atoms. The van der Waals surface area contributed by atoms with E-state index in [-0.39, 0.29) is 5.91 Å². The van der Waals surface area contributed by atoms with E-state index in [1.165, 1.54) is 4.88 Å². The second kappa shape index (κ2) is 5.68. The molecule has 0 saturated heterocycles. The summed E-state index contributed by atoms with van der Waals surface area (Å²) < 4.78 is 5.37. The fraction of sp³-hybridized carbons (Fsp3) is 0.308. The van der Waals surface area contributed by atoms with Gasteiger partial charge in [0.25, 0.3) is 0 Å². The first-order valence-electron chi connectivity index (χ1n) is 5.58. The van der Waals surface area contributed by atoms with E-state index >= 15 is 0 Å². The highest BCUT2D eigenvalue weighted by atomic mass is 32.1. The average molecular weight is 249 g/mol. The van der Waals surface area contributed by atoms with Crippen LogP contribution >= 0.6 is 11.3 Å². The maximum absolute atomic E-state index is 11.6. The molecule has 0 aliphatic carbocycles. The van der Waals surface area contributed by atoms with Crippen LogP contribution in [-0.2, 0) is 17.8 Å². The third-order valence-electron chi connectivity index (χ3n) is 2.43. The molecule has 0 atom stereocenters. The molecule has 3 nitrogen and oxygen atoms in total. The van der Waals surface area contributed by atoms with Crippen LogP contribution in [0.3, 0.4) is 0 Å². The summed E-state index contributed by atoms with van der Waals surface area (Å²) in [5.41, 5.74) is 0. The largest absolute Gasteiger partial charge is 0.465 e. The Morgan fingerprint density at radius 2 is 2.29 bits per heavy atom. The van der Waals surface area contributed by atoms with Crippen molar-refractivity contribution < 1.29 is 9.21 Å². The van der Waals surface area contributed by atoms with E-state index in [1.807, 2.05) is 36.6 Å². The zero-order valence-corrected chi connectivity index (χ0v) is 10.5. The highest BCUT2D eigenvalue weighted by molar-refractivity contribution is 7.09. The van der Waals surface area contributed by atoms with Crippen LogP contribution in [0.5, 0.6) is 0 Å². The van der Waals surface area contributed by atoms with Gasteiger partial charge in [0.2, 0.25) is 5.91 Å². The first-order chi connectivity index (χ1) is 8.24. The Kier molecular flexibility index (Phi) is 3.98. The first kappa shape index (κ1) is 11.9. The summed E-state index contributed by atoms with van der Waals surface area (Å²) in [6.07, 6.45) is 1.33. The lowest BCUT2D eigenvalue weighted by atomic mass is 10.2. The number of carbonyl (C=O) groups excluding carboxylic acids is 1. The van der Waals surface area contributed by atoms with Crippen LogP contribution in [0.15, 0.2) is 34.1 Å². The Hall–Kier alpha value is -1.55. The minimum Gasteiger partial charge on any atom is -0.465 e. The molecular formula is C13H15NO2S. The van der Waals surface area contributed by atoms with Gasteiger partial charge in [-0.15, -0.1) is 11.3 Å². The van der Waals surface area contributed by atoms with Crippen LogP contribution in [-0.4, -0.2) is 5.91 Å². The molecule has 0 radical (unpaired) electrons. The molecule has 2 aromatic heterocycles. The van der Waals surface area contributed by atoms with Crippen molar-refractivity contribution in [3.8, 4) is 0 Å². The summed E-state index contributed by atoms with van der Waals surface area (Å²) >= 11 is 1.68. The fourth-order valence-electron chi connectivity index (χ4n) is 1.55. The molecule has 0 aliphatic rings. The van der Waals surface area contributed by atoms with Gasteiger partial charge < -0.3 is 9.73 Å². The Labute approximate surface area is 104 Å². The Morgan fingerprint density at radius 1 is 1.41 bits per heavy atom. The average Bonchev–Trinajstić information content (AvgIpc) is 2.95. The molecule has 1 N–H and O–H groups in total. The van der Waals surface area contributed by atoms with Crippen molar-refractivity contribution in [2.24, 2.45) is 0 Å². The number of aryl methyl sites for hydroxylation is 2. The smallest absolute Gasteiger partial charge is 0.220 e. The minimum absolute atomic E-state index is 0.0625. The minimum atomic E-state index is 0.0625. The summed E-state index contributed by atoms with van der Waals surface area (Å²) in [7, 11) is 0. The van der Waals surface area contributed by atoms with Gasteiger partial charge in [-0.3, -0.25) is 4.79 Å². The van der Waals surface area contributed by atoms with E-state index in [0.29, 0.717) is 13.0 Å². The summed E-state index contributed by atoms with van der Waals surface area (Å²) in [5.74, 6) is 1.73. The van der Waals surface area contributed by atoms with Gasteiger partial charge in [0.05, 0.1) is 6.54 Å². The molecule has 0 fully saturated rings. The Bertz CT molecular complexity index is 473. The van der Waals surface area contributed by atoms with Crippen molar-refractivity contribution in [3.63, 3.8) is 0 Å². The van der Waals surface area contributed by atoms with E-state index in [4.69, 9.17) is 4.42 Å². The fourth-order valence-corrected chi connectivity index (χ4v) is 2.25. The van der Waals surface area contributed by atoms with Crippen LogP contribution in [0.2, 0.25) is 0 Å². The highest BCUT2D eigenvalue weighted by Crippen LogP contribution is 2.11. The molecule has 0 aliphatic heterocycles. The molecule has 4 heteroatoms. The SMILES string of the molecule is Cc1ccc(CNC(=O)CCc2cccs2)o1. The number of rotatable bonds is 5. The molecule has 0 bridgehead atoms. The molecule has 2 aromatic rings. The summed E-state index contributed by atoms with van der Waals surface area (Å²) in [4.78, 5) is 12.8. The van der Waals surface area contributed by atoms with Gasteiger partial charge in [0, 0.05) is 11.3 Å². The lowest BCUT2D eigenvalue weighted by Crippen LogP contribution is -2.22. The normalized spacial score (nSPS) is 10.4. The zero-order chi connectivity index (χ0) is 12.1. The van der Waals surface area contributed by atoms with Gasteiger partial charge in [0.15, 0.2) is 0 Å². The number of thiophene rings is 1. The second-order valence-corrected chi connectivity index (χ2v) is 4.90. The molecule has 0 spiro atoms. The number of amides is 1. The van der Waals surface area contributed by atoms with Gasteiger partial charge in [-0.25, -0.2) is 0 Å². The predicted molar refractivity (Wildman–Crippen MR) is 67.9 cm³/mol. The molecule has 0 aromatic carbocycles. The van der Waals surface area contributed by atoms with E-state index in [9.17, 15) is 4.79 Å². The predicted octanol–water partition coefficient (Wildman–Crippen LogP) is 2.90. The van der Waals surface area contributed by atoms with Crippen molar-refractivity contribution in [1.29, 1.82) is 0 Å². The number of furan rings is 1. The lowest BCUT2D eigenvalue weighted by molar-refractivity contribution is -0.121. The molecule has 1 amide bonds. The van der Waals surface area contributed by atoms with Crippen molar-refractivity contribution in [2.75, 3.05) is 0 Å². The summed E-state index contributed by atoms with van der Waals surface area (Å²) in [5, 5.41) is 4.87. The van der Waals surface area contributed by atoms with Crippen molar-refractivity contribution in [3.05, 3.63) is 46.0 Å². The first-order valence-corrected chi connectivity index (χ1v) is 6.46. The number of hydrogen-bond donors (Lipinski definition) is 1. The van der Waals surface area contributed by atoms with Gasteiger partial charge in [0.1, 0.15) is 11.5 Å². The molecular weight excluding hydrogens is 234 g/mol. The molecule has 2 heterocycles. The Morgan fingerprint density at radius 3 is 2.94 bits per heavy atom. The molecule has 90 valence electrons. The maximum Gasteiger partial charge on any atom is 0.220 e. The highest BCUT2D eigenvalue weighted by Gasteiger charge is 2.04. The number of hydrogen-bond acceptors (Lipinski definition) is 3.